The van der Waals surface area contributed by atoms with Gasteiger partial charge in [-0.2, -0.15) is 15.5 Å². The van der Waals surface area contributed by atoms with E-state index in [1.807, 2.05) is 6.07 Å². The largest absolute Gasteiger partial charge is 0.454 e. The van der Waals surface area contributed by atoms with Crippen LogP contribution in [-0.2, 0) is 0 Å². The number of carbonyl (C=O) groups excluding carboxylic acids is 1. The molecule has 0 spiro atoms. The van der Waals surface area contributed by atoms with Crippen molar-refractivity contribution in [3.8, 4) is 28.7 Å². The number of hydrogen-bond donors (Lipinski definition) is 1. The fraction of sp³-hybridized carbons (Fsp3) is 0.308. The molecule has 4 rings (SSSR count). The first-order valence-electron chi connectivity index (χ1n) is 11.3. The van der Waals surface area contributed by atoms with Crippen molar-refractivity contribution >= 4 is 17.4 Å². The predicted molar refractivity (Wildman–Crippen MR) is 131 cm³/mol. The summed E-state index contributed by atoms with van der Waals surface area (Å²) in [4.78, 5) is 15.2. The zero-order valence-corrected chi connectivity index (χ0v) is 19.5. The third kappa shape index (κ3) is 5.60. The fourth-order valence-corrected chi connectivity index (χ4v) is 4.49. The van der Waals surface area contributed by atoms with Crippen molar-refractivity contribution in [2.45, 2.75) is 19.3 Å². The number of halogens is 1. The van der Waals surface area contributed by atoms with Crippen molar-refractivity contribution in [3.63, 3.8) is 0 Å². The van der Waals surface area contributed by atoms with Crippen LogP contribution in [0.5, 0.6) is 11.5 Å². The Morgan fingerprint density at radius 1 is 1.18 bits per heavy atom. The smallest absolute Gasteiger partial charge is 0.163 e. The molecule has 1 aliphatic rings. The van der Waals surface area contributed by atoms with Gasteiger partial charge in [-0.05, 0) is 62.2 Å². The van der Waals surface area contributed by atoms with Crippen molar-refractivity contribution in [2.24, 2.45) is 11.7 Å². The summed E-state index contributed by atoms with van der Waals surface area (Å²) < 4.78 is 6.00. The van der Waals surface area contributed by atoms with Gasteiger partial charge in [0.25, 0.3) is 0 Å². The number of nitrogens with two attached hydrogens (primary N) is 1. The Kier molecular flexibility index (Phi) is 7.86. The average Bonchev–Trinajstić information content (AvgIpc) is 2.87. The molecule has 0 saturated carbocycles. The summed E-state index contributed by atoms with van der Waals surface area (Å²) >= 11 is 6.48. The van der Waals surface area contributed by atoms with Crippen LogP contribution in [0.2, 0.25) is 5.02 Å². The summed E-state index contributed by atoms with van der Waals surface area (Å²) in [7, 11) is 0. The van der Waals surface area contributed by atoms with Gasteiger partial charge in [0.1, 0.15) is 23.1 Å². The van der Waals surface area contributed by atoms with Crippen molar-refractivity contribution in [2.75, 3.05) is 26.2 Å². The Bertz CT molecular complexity index is 1190. The van der Waals surface area contributed by atoms with Gasteiger partial charge in [-0.15, -0.1) is 0 Å². The number of Topliss-reactive ketones (excluding diaryl/α,β-unsaturated/α-hetero) is 1. The second kappa shape index (κ2) is 11.2. The molecule has 1 fully saturated rings. The van der Waals surface area contributed by atoms with E-state index in [1.165, 1.54) is 0 Å². The molecule has 1 aromatic heterocycles. The molecule has 34 heavy (non-hydrogen) atoms. The van der Waals surface area contributed by atoms with Crippen LogP contribution in [0.4, 0.5) is 0 Å². The van der Waals surface area contributed by atoms with Crippen molar-refractivity contribution < 1.29 is 9.53 Å². The monoisotopic (exact) mass is 475 g/mol. The summed E-state index contributed by atoms with van der Waals surface area (Å²) in [5, 5.41) is 17.8. The molecular weight excluding hydrogens is 450 g/mol. The number of rotatable bonds is 8. The van der Waals surface area contributed by atoms with Crippen LogP contribution in [0.3, 0.4) is 0 Å². The molecule has 0 atom stereocenters. The van der Waals surface area contributed by atoms with Crippen molar-refractivity contribution in [3.05, 3.63) is 71.0 Å². The number of hydrogen-bond acceptors (Lipinski definition) is 7. The van der Waals surface area contributed by atoms with E-state index >= 15 is 0 Å². The van der Waals surface area contributed by atoms with Crippen LogP contribution >= 0.6 is 11.6 Å². The fourth-order valence-electron chi connectivity index (χ4n) is 4.27. The van der Waals surface area contributed by atoms with Crippen LogP contribution in [0.15, 0.2) is 54.9 Å². The van der Waals surface area contributed by atoms with Gasteiger partial charge in [0.05, 0.1) is 17.4 Å². The third-order valence-electron chi connectivity index (χ3n) is 6.13. The Morgan fingerprint density at radius 2 is 2.00 bits per heavy atom. The number of likely N-dealkylation sites (tertiary alicyclic amines) is 1. The molecule has 0 amide bonds. The molecule has 0 unspecified atom stereocenters. The van der Waals surface area contributed by atoms with Crippen LogP contribution in [0, 0.1) is 17.2 Å². The molecule has 3 aromatic rings. The Morgan fingerprint density at radius 3 is 2.68 bits per heavy atom. The zero-order chi connectivity index (χ0) is 23.9. The van der Waals surface area contributed by atoms with Gasteiger partial charge in [0, 0.05) is 36.2 Å². The zero-order valence-electron chi connectivity index (χ0n) is 18.8. The molecule has 2 N–H and O–H groups in total. The average molecular weight is 476 g/mol. The highest BCUT2D eigenvalue weighted by Crippen LogP contribution is 2.36. The quantitative estimate of drug-likeness (QED) is 0.470. The number of benzene rings is 2. The summed E-state index contributed by atoms with van der Waals surface area (Å²) in [6, 6.07) is 14.4. The van der Waals surface area contributed by atoms with Crippen molar-refractivity contribution in [1.29, 1.82) is 5.26 Å². The van der Waals surface area contributed by atoms with E-state index in [0.29, 0.717) is 52.1 Å². The predicted octanol–water partition coefficient (Wildman–Crippen LogP) is 4.70. The molecule has 7 nitrogen and oxygen atoms in total. The molecule has 8 heteroatoms. The van der Waals surface area contributed by atoms with Crippen LogP contribution in [0.25, 0.3) is 11.1 Å². The normalized spacial score (nSPS) is 14.5. The van der Waals surface area contributed by atoms with Gasteiger partial charge in [0.2, 0.25) is 0 Å². The Labute approximate surface area is 204 Å². The summed E-state index contributed by atoms with van der Waals surface area (Å²) in [6.45, 7) is 3.54. The number of piperidine rings is 1. The van der Waals surface area contributed by atoms with Crippen LogP contribution in [-0.4, -0.2) is 47.1 Å². The summed E-state index contributed by atoms with van der Waals surface area (Å²) in [6.07, 6.45) is 5.67. The van der Waals surface area contributed by atoms with E-state index in [2.05, 4.69) is 21.2 Å². The lowest BCUT2D eigenvalue weighted by Crippen LogP contribution is -2.37. The first-order valence-corrected chi connectivity index (χ1v) is 11.7. The van der Waals surface area contributed by atoms with Crippen LogP contribution in [0.1, 0.15) is 35.2 Å². The van der Waals surface area contributed by atoms with Gasteiger partial charge < -0.3 is 15.4 Å². The maximum atomic E-state index is 12.9. The minimum atomic E-state index is 0.0793. The molecule has 174 valence electrons. The molecule has 1 saturated heterocycles. The number of carbonyl (C=O) groups is 1. The van der Waals surface area contributed by atoms with Gasteiger partial charge >= 0.3 is 0 Å². The lowest BCUT2D eigenvalue weighted by molar-refractivity contribution is 0.0929. The maximum Gasteiger partial charge on any atom is 0.163 e. The minimum absolute atomic E-state index is 0.0793. The first kappa shape index (κ1) is 23.8. The first-order chi connectivity index (χ1) is 16.6. The standard InChI is InChI=1S/C26H26ClN5O2/c27-23-15-19(24(33)14-18-7-11-32(12-8-18)13-9-28)4-5-26(23)34-25-3-1-2-21(22(25)16-29)20-6-10-30-31-17-20/h1-6,10,15,17-18H,7-9,11-14,28H2. The van der Waals surface area contributed by atoms with Crippen molar-refractivity contribution in [1.82, 2.24) is 15.1 Å². The highest BCUT2D eigenvalue weighted by molar-refractivity contribution is 6.32. The van der Waals surface area contributed by atoms with Gasteiger partial charge in [0.15, 0.2) is 5.78 Å². The highest BCUT2D eigenvalue weighted by Gasteiger charge is 2.22. The molecule has 0 radical (unpaired) electrons. The number of nitrogens with zero attached hydrogens (tertiary/aromatic N) is 4. The lowest BCUT2D eigenvalue weighted by atomic mass is 9.90. The van der Waals surface area contributed by atoms with E-state index in [1.54, 1.807) is 48.8 Å². The minimum Gasteiger partial charge on any atom is -0.454 e. The Hall–Kier alpha value is -3.31. The highest BCUT2D eigenvalue weighted by atomic mass is 35.5. The lowest BCUT2D eigenvalue weighted by Gasteiger charge is -2.31. The second-order valence-electron chi connectivity index (χ2n) is 8.37. The van der Waals surface area contributed by atoms with Crippen LogP contribution < -0.4 is 10.5 Å². The summed E-state index contributed by atoms with van der Waals surface area (Å²) in [5.41, 5.74) is 8.03. The van der Waals surface area contributed by atoms with E-state index in [-0.39, 0.29) is 5.78 Å². The Balaban J connectivity index is 1.46. The molecule has 2 heterocycles. The van der Waals surface area contributed by atoms with E-state index in [9.17, 15) is 10.1 Å². The van der Waals surface area contributed by atoms with E-state index in [0.717, 1.165) is 38.0 Å². The number of ether oxygens (including phenoxy) is 1. The van der Waals surface area contributed by atoms with Gasteiger partial charge in [-0.3, -0.25) is 4.79 Å². The van der Waals surface area contributed by atoms with E-state index in [4.69, 9.17) is 22.1 Å². The molecule has 1 aliphatic heterocycles. The third-order valence-corrected chi connectivity index (χ3v) is 6.43. The molecular formula is C26H26ClN5O2. The van der Waals surface area contributed by atoms with E-state index < -0.39 is 0 Å². The topological polar surface area (TPSA) is 105 Å². The second-order valence-corrected chi connectivity index (χ2v) is 8.78. The summed E-state index contributed by atoms with van der Waals surface area (Å²) in [5.74, 6) is 1.22. The number of ketones is 1. The maximum absolute atomic E-state index is 12.9. The SMILES string of the molecule is N#Cc1c(Oc2ccc(C(=O)CC3CCN(CCN)CC3)cc2Cl)cccc1-c1ccnnc1. The molecule has 0 bridgehead atoms. The van der Waals surface area contributed by atoms with Gasteiger partial charge in [-0.25, -0.2) is 0 Å². The molecule has 2 aromatic carbocycles. The molecule has 0 aliphatic carbocycles. The number of nitriles is 1. The van der Waals surface area contributed by atoms with Gasteiger partial charge in [-0.1, -0.05) is 23.7 Å². The number of aromatic nitrogens is 2.